The van der Waals surface area contributed by atoms with Crippen molar-refractivity contribution in [3.63, 3.8) is 0 Å². The largest absolute Gasteiger partial charge is 0.486 e. The number of piperidine rings is 1. The Hall–Kier alpha value is -3.16. The molecule has 3 aromatic carbocycles. The van der Waals surface area contributed by atoms with Crippen molar-refractivity contribution in [2.45, 2.75) is 50.9 Å². The average molecular weight is 539 g/mol. The predicted molar refractivity (Wildman–Crippen MR) is 148 cm³/mol. The summed E-state index contributed by atoms with van der Waals surface area (Å²) >= 11 is 0. The molecule has 0 radical (unpaired) electrons. The second-order valence-corrected chi connectivity index (χ2v) is 10.3. The van der Waals surface area contributed by atoms with Crippen LogP contribution in [0.1, 0.15) is 65.3 Å². The van der Waals surface area contributed by atoms with E-state index in [1.807, 2.05) is 37.4 Å². The molecule has 0 saturated carbocycles. The molecule has 1 aliphatic rings. The molecule has 1 unspecified atom stereocenters. The molecule has 0 aromatic heterocycles. The first-order chi connectivity index (χ1) is 18.8. The van der Waals surface area contributed by atoms with Crippen LogP contribution in [0.2, 0.25) is 0 Å². The summed E-state index contributed by atoms with van der Waals surface area (Å²) in [5, 5.41) is 3.06. The Bertz CT molecular complexity index is 1170. The zero-order valence-electron chi connectivity index (χ0n) is 22.4. The molecule has 1 atom stereocenters. The van der Waals surface area contributed by atoms with Gasteiger partial charge in [0.1, 0.15) is 11.9 Å². The fraction of sp³-hybridized carbons (Fsp3) is 0.406. The second kappa shape index (κ2) is 13.8. The zero-order chi connectivity index (χ0) is 27.7. The van der Waals surface area contributed by atoms with Crippen LogP contribution in [0, 0.1) is 5.92 Å². The molecule has 39 heavy (non-hydrogen) atoms. The third-order valence-corrected chi connectivity index (χ3v) is 7.44. The number of likely N-dealkylation sites (tertiary alicyclic amines) is 1. The van der Waals surface area contributed by atoms with Gasteiger partial charge in [0.05, 0.1) is 5.56 Å². The van der Waals surface area contributed by atoms with Gasteiger partial charge in [0.2, 0.25) is 0 Å². The van der Waals surface area contributed by atoms with Crippen molar-refractivity contribution in [1.29, 1.82) is 0 Å². The molecular formula is C32H37F3N2O2. The SMILES string of the molecule is CNCCC(Oc1cccc(C(F)(F)F)c1)c1ccc(C(=O)CCC2CCN(Cc3ccccc3)CC2)cc1. The molecule has 0 amide bonds. The fourth-order valence-electron chi connectivity index (χ4n) is 5.12. The average Bonchev–Trinajstić information content (AvgIpc) is 2.95. The Morgan fingerprint density at radius 1 is 1.00 bits per heavy atom. The van der Waals surface area contributed by atoms with Gasteiger partial charge in [-0.15, -0.1) is 0 Å². The highest BCUT2D eigenvalue weighted by Gasteiger charge is 2.31. The van der Waals surface area contributed by atoms with Crippen molar-refractivity contribution in [2.75, 3.05) is 26.7 Å². The quantitative estimate of drug-likeness (QED) is 0.246. The lowest BCUT2D eigenvalue weighted by atomic mass is 9.90. The van der Waals surface area contributed by atoms with Crippen LogP contribution in [0.15, 0.2) is 78.9 Å². The zero-order valence-corrected chi connectivity index (χ0v) is 22.4. The number of alkyl halides is 3. The van der Waals surface area contributed by atoms with Gasteiger partial charge in [0, 0.05) is 24.9 Å². The molecule has 3 aromatic rings. The van der Waals surface area contributed by atoms with Gasteiger partial charge in [-0.3, -0.25) is 9.69 Å². The van der Waals surface area contributed by atoms with Crippen LogP contribution >= 0.6 is 0 Å². The number of hydrogen-bond donors (Lipinski definition) is 1. The van der Waals surface area contributed by atoms with Crippen molar-refractivity contribution >= 4 is 5.78 Å². The summed E-state index contributed by atoms with van der Waals surface area (Å²) in [5.41, 5.74) is 2.08. The Morgan fingerprint density at radius 2 is 1.72 bits per heavy atom. The molecule has 7 heteroatoms. The van der Waals surface area contributed by atoms with Crippen LogP contribution in [0.5, 0.6) is 5.75 Å². The highest BCUT2D eigenvalue weighted by Crippen LogP contribution is 2.33. The number of carbonyl (C=O) groups is 1. The van der Waals surface area contributed by atoms with Crippen LogP contribution in [-0.2, 0) is 12.7 Å². The number of carbonyl (C=O) groups excluding carboxylic acids is 1. The monoisotopic (exact) mass is 538 g/mol. The van der Waals surface area contributed by atoms with Crippen LogP contribution in [0.25, 0.3) is 0 Å². The van der Waals surface area contributed by atoms with Gasteiger partial charge in [-0.25, -0.2) is 0 Å². The maximum Gasteiger partial charge on any atom is 0.416 e. The van der Waals surface area contributed by atoms with Crippen molar-refractivity contribution in [3.8, 4) is 5.75 Å². The molecule has 0 aliphatic carbocycles. The number of nitrogens with zero attached hydrogens (tertiary/aromatic N) is 1. The second-order valence-electron chi connectivity index (χ2n) is 10.3. The molecular weight excluding hydrogens is 501 g/mol. The first kappa shape index (κ1) is 28.8. The van der Waals surface area contributed by atoms with E-state index in [0.717, 1.165) is 56.6 Å². The summed E-state index contributed by atoms with van der Waals surface area (Å²) in [6.45, 7) is 3.73. The van der Waals surface area contributed by atoms with Crippen molar-refractivity contribution in [3.05, 3.63) is 101 Å². The molecule has 1 heterocycles. The summed E-state index contributed by atoms with van der Waals surface area (Å²) < 4.78 is 45.4. The van der Waals surface area contributed by atoms with E-state index in [2.05, 4.69) is 34.5 Å². The van der Waals surface area contributed by atoms with E-state index < -0.39 is 17.8 Å². The topological polar surface area (TPSA) is 41.6 Å². The standard InChI is InChI=1S/C32H37F3N2O2/c1-36-19-16-31(39-29-9-5-8-28(22-29)32(33,34)35)27-13-11-26(12-14-27)30(38)15-10-24-17-20-37(21-18-24)23-25-6-3-2-4-7-25/h2-9,11-14,22,24,31,36H,10,15-21,23H2,1H3. The number of nitrogens with one attached hydrogen (secondary N) is 1. The van der Waals surface area contributed by atoms with Crippen molar-refractivity contribution in [2.24, 2.45) is 5.92 Å². The third kappa shape index (κ3) is 8.67. The number of hydrogen-bond acceptors (Lipinski definition) is 4. The van der Waals surface area contributed by atoms with Crippen LogP contribution < -0.4 is 10.1 Å². The maximum absolute atomic E-state index is 13.1. The maximum atomic E-state index is 13.1. The first-order valence-electron chi connectivity index (χ1n) is 13.7. The smallest absolute Gasteiger partial charge is 0.416 e. The molecule has 0 spiro atoms. The van der Waals surface area contributed by atoms with Crippen LogP contribution in [0.3, 0.4) is 0 Å². The summed E-state index contributed by atoms with van der Waals surface area (Å²) in [5.74, 6) is 0.853. The third-order valence-electron chi connectivity index (χ3n) is 7.44. The van der Waals surface area contributed by atoms with E-state index >= 15 is 0 Å². The van der Waals surface area contributed by atoms with E-state index in [4.69, 9.17) is 4.74 Å². The minimum absolute atomic E-state index is 0.124. The fourth-order valence-corrected chi connectivity index (χ4v) is 5.12. The van der Waals surface area contributed by atoms with E-state index in [9.17, 15) is 18.0 Å². The number of Topliss-reactive ketones (excluding diaryl/α,β-unsaturated/α-hetero) is 1. The van der Waals surface area contributed by atoms with E-state index in [-0.39, 0.29) is 11.5 Å². The Morgan fingerprint density at radius 3 is 2.38 bits per heavy atom. The van der Waals surface area contributed by atoms with Gasteiger partial charge >= 0.3 is 6.18 Å². The molecule has 208 valence electrons. The van der Waals surface area contributed by atoms with E-state index in [1.165, 1.54) is 17.7 Å². The summed E-state index contributed by atoms with van der Waals surface area (Å²) in [6.07, 6.45) is -0.663. The van der Waals surface area contributed by atoms with Crippen LogP contribution in [-0.4, -0.2) is 37.4 Å². The predicted octanol–water partition coefficient (Wildman–Crippen LogP) is 7.31. The highest BCUT2D eigenvalue weighted by atomic mass is 19.4. The van der Waals surface area contributed by atoms with Gasteiger partial charge in [0.15, 0.2) is 5.78 Å². The Labute approximate surface area is 229 Å². The lowest BCUT2D eigenvalue weighted by molar-refractivity contribution is -0.137. The van der Waals surface area contributed by atoms with Crippen molar-refractivity contribution in [1.82, 2.24) is 10.2 Å². The number of halogens is 3. The van der Waals surface area contributed by atoms with E-state index in [0.29, 0.717) is 30.9 Å². The summed E-state index contributed by atoms with van der Waals surface area (Å²) in [6, 6.07) is 22.8. The van der Waals surface area contributed by atoms with E-state index in [1.54, 1.807) is 0 Å². The number of rotatable bonds is 12. The molecule has 4 nitrogen and oxygen atoms in total. The van der Waals surface area contributed by atoms with Crippen LogP contribution in [0.4, 0.5) is 13.2 Å². The van der Waals surface area contributed by atoms with Crippen molar-refractivity contribution < 1.29 is 22.7 Å². The van der Waals surface area contributed by atoms with Gasteiger partial charge in [-0.1, -0.05) is 60.7 Å². The molecule has 1 aliphatic heterocycles. The summed E-state index contributed by atoms with van der Waals surface area (Å²) in [4.78, 5) is 15.4. The minimum Gasteiger partial charge on any atom is -0.486 e. The number of ether oxygens (including phenoxy) is 1. The van der Waals surface area contributed by atoms with Gasteiger partial charge in [-0.05, 0) is 81.2 Å². The number of benzene rings is 3. The number of ketones is 1. The normalized spacial score (nSPS) is 15.7. The molecule has 1 saturated heterocycles. The molecule has 1 fully saturated rings. The molecule has 1 N–H and O–H groups in total. The molecule has 4 rings (SSSR count). The Balaban J connectivity index is 1.29. The highest BCUT2D eigenvalue weighted by molar-refractivity contribution is 5.96. The van der Waals surface area contributed by atoms with Gasteiger partial charge in [-0.2, -0.15) is 13.2 Å². The lowest BCUT2D eigenvalue weighted by Gasteiger charge is -2.32. The van der Waals surface area contributed by atoms with Gasteiger partial charge in [0.25, 0.3) is 0 Å². The lowest BCUT2D eigenvalue weighted by Crippen LogP contribution is -2.33. The summed E-state index contributed by atoms with van der Waals surface area (Å²) in [7, 11) is 1.82. The minimum atomic E-state index is -4.43. The first-order valence-corrected chi connectivity index (χ1v) is 13.7. The Kier molecular flexibility index (Phi) is 10.2. The molecule has 0 bridgehead atoms. The van der Waals surface area contributed by atoms with Gasteiger partial charge < -0.3 is 10.1 Å².